The van der Waals surface area contributed by atoms with Gasteiger partial charge in [0.25, 0.3) is 5.91 Å². The van der Waals surface area contributed by atoms with Crippen LogP contribution in [0.4, 0.5) is 4.39 Å². The molecule has 2 unspecified atom stereocenters. The molecular formula is C20H26FN5O2. The van der Waals surface area contributed by atoms with Gasteiger partial charge in [-0.2, -0.15) is 0 Å². The number of amides is 1. The number of hydrogen-bond acceptors (Lipinski definition) is 5. The Bertz CT molecular complexity index is 832. The number of hydrogen-bond donors (Lipinski definition) is 1. The van der Waals surface area contributed by atoms with Crippen LogP contribution in [0.3, 0.4) is 0 Å². The molecule has 150 valence electrons. The van der Waals surface area contributed by atoms with Crippen molar-refractivity contribution < 1.29 is 13.9 Å². The Morgan fingerprint density at radius 1 is 1.21 bits per heavy atom. The van der Waals surface area contributed by atoms with Crippen LogP contribution in [0.25, 0.3) is 0 Å². The van der Waals surface area contributed by atoms with Crippen molar-refractivity contribution in [1.29, 1.82) is 0 Å². The summed E-state index contributed by atoms with van der Waals surface area (Å²) >= 11 is 0. The van der Waals surface area contributed by atoms with E-state index < -0.39 is 0 Å². The maximum atomic E-state index is 13.2. The van der Waals surface area contributed by atoms with Gasteiger partial charge in [0.2, 0.25) is 0 Å². The first-order valence-electron chi connectivity index (χ1n) is 9.85. The number of ether oxygens (including phenoxy) is 1. The number of piperidine rings is 1. The second-order valence-electron chi connectivity index (χ2n) is 7.65. The number of benzene rings is 1. The van der Waals surface area contributed by atoms with Gasteiger partial charge in [-0.3, -0.25) is 4.79 Å². The van der Waals surface area contributed by atoms with Crippen LogP contribution in [-0.4, -0.2) is 58.1 Å². The van der Waals surface area contributed by atoms with E-state index in [2.05, 4.69) is 15.6 Å². The highest BCUT2D eigenvalue weighted by Crippen LogP contribution is 2.27. The first-order chi connectivity index (χ1) is 13.5. The molecule has 1 N–H and O–H groups in total. The van der Waals surface area contributed by atoms with Gasteiger partial charge in [-0.1, -0.05) is 17.3 Å². The molecule has 2 aliphatic rings. The maximum absolute atomic E-state index is 13.2. The number of halogens is 1. The molecule has 0 saturated carbocycles. The van der Waals surface area contributed by atoms with Crippen LogP contribution in [0.1, 0.15) is 53.7 Å². The standard InChI is InChI=1S/C20H26FN5O2/c1-13-11-25(12-18(28-13)15-3-5-16(21)6-4-15)20(27)19-14(2)26(24-23-19)17-7-9-22-10-8-17/h3-6,13,17-18,22H,7-12H2,1-2H3. The summed E-state index contributed by atoms with van der Waals surface area (Å²) in [7, 11) is 0. The largest absolute Gasteiger partial charge is 0.367 e. The second kappa shape index (κ2) is 7.97. The Morgan fingerprint density at radius 2 is 1.93 bits per heavy atom. The van der Waals surface area contributed by atoms with Gasteiger partial charge in [0.1, 0.15) is 11.9 Å². The summed E-state index contributed by atoms with van der Waals surface area (Å²) in [5, 5.41) is 11.8. The van der Waals surface area contributed by atoms with Crippen molar-refractivity contribution in [1.82, 2.24) is 25.2 Å². The molecule has 0 aliphatic carbocycles. The highest BCUT2D eigenvalue weighted by Gasteiger charge is 2.33. The van der Waals surface area contributed by atoms with Gasteiger partial charge in [0.05, 0.1) is 24.4 Å². The van der Waals surface area contributed by atoms with E-state index in [1.54, 1.807) is 17.0 Å². The van der Waals surface area contributed by atoms with Crippen LogP contribution in [0.5, 0.6) is 0 Å². The summed E-state index contributed by atoms with van der Waals surface area (Å²) in [6, 6.07) is 6.53. The molecule has 1 aromatic heterocycles. The van der Waals surface area contributed by atoms with E-state index in [-0.39, 0.29) is 30.0 Å². The molecule has 8 heteroatoms. The maximum Gasteiger partial charge on any atom is 0.276 e. The number of carbonyl (C=O) groups excluding carboxylic acids is 1. The predicted molar refractivity (Wildman–Crippen MR) is 101 cm³/mol. The third-order valence-electron chi connectivity index (χ3n) is 5.57. The van der Waals surface area contributed by atoms with Crippen molar-refractivity contribution in [3.8, 4) is 0 Å². The minimum Gasteiger partial charge on any atom is -0.367 e. The van der Waals surface area contributed by atoms with Gasteiger partial charge < -0.3 is 15.0 Å². The Kier molecular flexibility index (Phi) is 5.41. The van der Waals surface area contributed by atoms with Gasteiger partial charge >= 0.3 is 0 Å². The SMILES string of the molecule is Cc1c(C(=O)N2CC(C)OC(c3ccc(F)cc3)C2)nnn1C1CCNCC1. The first kappa shape index (κ1) is 19.0. The van der Waals surface area contributed by atoms with Gasteiger partial charge in [0.15, 0.2) is 5.69 Å². The van der Waals surface area contributed by atoms with Crippen molar-refractivity contribution in [2.24, 2.45) is 0 Å². The highest BCUT2D eigenvalue weighted by atomic mass is 19.1. The molecule has 3 heterocycles. The number of nitrogens with one attached hydrogen (secondary N) is 1. The van der Waals surface area contributed by atoms with E-state index in [9.17, 15) is 9.18 Å². The number of rotatable bonds is 3. The molecule has 2 fully saturated rings. The summed E-state index contributed by atoms with van der Waals surface area (Å²) in [4.78, 5) is 14.9. The Hall–Kier alpha value is -2.32. The average Bonchev–Trinajstić information content (AvgIpc) is 3.09. The molecule has 0 spiro atoms. The molecule has 0 radical (unpaired) electrons. The number of morpholine rings is 1. The fraction of sp³-hybridized carbons (Fsp3) is 0.550. The quantitative estimate of drug-likeness (QED) is 0.875. The summed E-state index contributed by atoms with van der Waals surface area (Å²) < 4.78 is 21.1. The van der Waals surface area contributed by atoms with Gasteiger partial charge in [0, 0.05) is 6.54 Å². The van der Waals surface area contributed by atoms with E-state index >= 15 is 0 Å². The zero-order valence-electron chi connectivity index (χ0n) is 16.3. The third-order valence-corrected chi connectivity index (χ3v) is 5.57. The summed E-state index contributed by atoms with van der Waals surface area (Å²) in [5.74, 6) is -0.411. The second-order valence-corrected chi connectivity index (χ2v) is 7.65. The molecule has 2 aromatic rings. The predicted octanol–water partition coefficient (Wildman–Crippen LogP) is 2.25. The monoisotopic (exact) mass is 387 g/mol. The average molecular weight is 387 g/mol. The fourth-order valence-corrected chi connectivity index (χ4v) is 4.07. The van der Waals surface area contributed by atoms with Crippen molar-refractivity contribution >= 4 is 5.91 Å². The molecule has 1 aromatic carbocycles. The molecule has 28 heavy (non-hydrogen) atoms. The zero-order chi connectivity index (χ0) is 19.7. The van der Waals surface area contributed by atoms with Gasteiger partial charge in [-0.25, -0.2) is 9.07 Å². The Balaban J connectivity index is 1.52. The lowest BCUT2D eigenvalue weighted by atomic mass is 10.1. The molecule has 2 saturated heterocycles. The van der Waals surface area contributed by atoms with Crippen molar-refractivity contribution in [2.45, 2.75) is 44.9 Å². The molecule has 2 atom stereocenters. The first-order valence-corrected chi connectivity index (χ1v) is 9.85. The molecule has 4 rings (SSSR count). The minimum atomic E-state index is -0.286. The van der Waals surface area contributed by atoms with Crippen molar-refractivity contribution in [3.05, 3.63) is 47.0 Å². The molecular weight excluding hydrogens is 361 g/mol. The summed E-state index contributed by atoms with van der Waals surface area (Å²) in [6.07, 6.45) is 1.57. The van der Waals surface area contributed by atoms with Crippen LogP contribution >= 0.6 is 0 Å². The van der Waals surface area contributed by atoms with Gasteiger partial charge in [-0.05, 0) is 57.5 Å². The number of nitrogens with zero attached hydrogens (tertiary/aromatic N) is 4. The number of carbonyl (C=O) groups is 1. The summed E-state index contributed by atoms with van der Waals surface area (Å²) in [6.45, 7) is 6.66. The molecule has 1 amide bonds. The Labute approximate surface area is 163 Å². The lowest BCUT2D eigenvalue weighted by Gasteiger charge is -2.36. The van der Waals surface area contributed by atoms with Crippen molar-refractivity contribution in [3.63, 3.8) is 0 Å². The zero-order valence-corrected chi connectivity index (χ0v) is 16.3. The van der Waals surface area contributed by atoms with E-state index in [1.807, 2.05) is 18.5 Å². The molecule has 7 nitrogen and oxygen atoms in total. The Morgan fingerprint density at radius 3 is 2.64 bits per heavy atom. The molecule has 2 aliphatic heterocycles. The van der Waals surface area contributed by atoms with Crippen LogP contribution in [-0.2, 0) is 4.74 Å². The lowest BCUT2D eigenvalue weighted by molar-refractivity contribution is -0.0693. The van der Waals surface area contributed by atoms with Crippen LogP contribution in [0.15, 0.2) is 24.3 Å². The highest BCUT2D eigenvalue weighted by molar-refractivity contribution is 5.93. The third kappa shape index (κ3) is 3.79. The van der Waals surface area contributed by atoms with Gasteiger partial charge in [-0.15, -0.1) is 5.10 Å². The summed E-state index contributed by atoms with van der Waals surface area (Å²) in [5.41, 5.74) is 2.08. The van der Waals surface area contributed by atoms with Crippen LogP contribution in [0, 0.1) is 12.7 Å². The van der Waals surface area contributed by atoms with Crippen LogP contribution < -0.4 is 5.32 Å². The fourth-order valence-electron chi connectivity index (χ4n) is 4.07. The number of aromatic nitrogens is 3. The van der Waals surface area contributed by atoms with E-state index in [0.29, 0.717) is 18.8 Å². The van der Waals surface area contributed by atoms with Crippen molar-refractivity contribution in [2.75, 3.05) is 26.2 Å². The topological polar surface area (TPSA) is 72.3 Å². The van der Waals surface area contributed by atoms with E-state index in [1.165, 1.54) is 12.1 Å². The smallest absolute Gasteiger partial charge is 0.276 e. The molecule has 0 bridgehead atoms. The normalized spacial score (nSPS) is 23.8. The van der Waals surface area contributed by atoms with E-state index in [4.69, 9.17) is 4.74 Å². The minimum absolute atomic E-state index is 0.118. The lowest BCUT2D eigenvalue weighted by Crippen LogP contribution is -2.46. The van der Waals surface area contributed by atoms with Crippen LogP contribution in [0.2, 0.25) is 0 Å². The van der Waals surface area contributed by atoms with E-state index in [0.717, 1.165) is 37.2 Å².